The summed E-state index contributed by atoms with van der Waals surface area (Å²) in [4.78, 5) is 13.5. The minimum Gasteiger partial charge on any atom is -0.369 e. The molecule has 1 amide bonds. The highest BCUT2D eigenvalue weighted by Crippen LogP contribution is 2.24. The van der Waals surface area contributed by atoms with Gasteiger partial charge in [0.1, 0.15) is 0 Å². The number of nitrogens with zero attached hydrogens (tertiary/aromatic N) is 1. The molecule has 16 heavy (non-hydrogen) atoms. The summed E-state index contributed by atoms with van der Waals surface area (Å²) in [6, 6.07) is 2.44. The lowest BCUT2D eigenvalue weighted by Crippen LogP contribution is -2.49. The van der Waals surface area contributed by atoms with Gasteiger partial charge in [0, 0.05) is 37.1 Å². The van der Waals surface area contributed by atoms with E-state index in [4.69, 9.17) is 0 Å². The summed E-state index contributed by atoms with van der Waals surface area (Å²) in [5.74, 6) is 0.704. The molecule has 0 spiro atoms. The van der Waals surface area contributed by atoms with E-state index in [2.05, 4.69) is 34.0 Å². The third-order valence-corrected chi connectivity index (χ3v) is 3.61. The van der Waals surface area contributed by atoms with Crippen LogP contribution in [0.5, 0.6) is 0 Å². The second-order valence-electron chi connectivity index (χ2n) is 4.62. The molecule has 1 N–H and O–H groups in total. The zero-order valence-electron chi connectivity index (χ0n) is 9.77. The van der Waals surface area contributed by atoms with Gasteiger partial charge in [0.25, 0.3) is 0 Å². The van der Waals surface area contributed by atoms with Gasteiger partial charge in [-0.3, -0.25) is 4.79 Å². The lowest BCUT2D eigenvalue weighted by molar-refractivity contribution is -0.119. The van der Waals surface area contributed by atoms with Crippen molar-refractivity contribution in [3.8, 4) is 0 Å². The zero-order valence-corrected chi connectivity index (χ0v) is 10.6. The van der Waals surface area contributed by atoms with Crippen LogP contribution in [0, 0.1) is 5.92 Å². The zero-order chi connectivity index (χ0) is 11.5. The predicted octanol–water partition coefficient (Wildman–Crippen LogP) is 2.10. The summed E-state index contributed by atoms with van der Waals surface area (Å²) < 4.78 is 0. The Hall–Kier alpha value is -1.03. The summed E-state index contributed by atoms with van der Waals surface area (Å²) >= 11 is 1.72. The molecule has 1 aromatic rings. The van der Waals surface area contributed by atoms with Gasteiger partial charge >= 0.3 is 0 Å². The van der Waals surface area contributed by atoms with Gasteiger partial charge in [-0.15, -0.1) is 0 Å². The van der Waals surface area contributed by atoms with E-state index in [1.165, 1.54) is 5.69 Å². The van der Waals surface area contributed by atoms with Gasteiger partial charge in [-0.05, 0) is 23.8 Å². The van der Waals surface area contributed by atoms with Crippen molar-refractivity contribution >= 4 is 22.9 Å². The molecule has 1 aliphatic rings. The molecule has 0 aliphatic carbocycles. The molecule has 0 bridgehead atoms. The largest absolute Gasteiger partial charge is 0.369 e. The number of hydrogen-bond acceptors (Lipinski definition) is 3. The summed E-state index contributed by atoms with van der Waals surface area (Å²) in [7, 11) is 0. The first-order valence-electron chi connectivity index (χ1n) is 5.69. The fraction of sp³-hybridized carbons (Fsp3) is 0.583. The fourth-order valence-electron chi connectivity index (χ4n) is 2.39. The molecule has 0 saturated carbocycles. The van der Waals surface area contributed by atoms with Crippen molar-refractivity contribution in [3.05, 3.63) is 16.8 Å². The van der Waals surface area contributed by atoms with Crippen molar-refractivity contribution in [2.24, 2.45) is 5.92 Å². The summed E-state index contributed by atoms with van der Waals surface area (Å²) in [6.45, 7) is 5.86. The number of anilines is 1. The third kappa shape index (κ3) is 2.76. The normalized spacial score (nSPS) is 25.5. The predicted molar refractivity (Wildman–Crippen MR) is 67.9 cm³/mol. The van der Waals surface area contributed by atoms with E-state index in [1.54, 1.807) is 18.3 Å². The fourth-order valence-corrected chi connectivity index (χ4v) is 3.06. The first kappa shape index (κ1) is 11.5. The SMILES string of the molecule is CC(=O)NC1CC(C)CN(c2ccsc2)C1. The van der Waals surface area contributed by atoms with Gasteiger partial charge in [-0.2, -0.15) is 11.3 Å². The number of carbonyl (C=O) groups excluding carboxylic acids is 1. The van der Waals surface area contributed by atoms with Gasteiger partial charge in [0.2, 0.25) is 5.91 Å². The minimum absolute atomic E-state index is 0.0735. The summed E-state index contributed by atoms with van der Waals surface area (Å²) in [6.07, 6.45) is 1.08. The molecule has 88 valence electrons. The molecule has 1 aliphatic heterocycles. The molecular weight excluding hydrogens is 220 g/mol. The average Bonchev–Trinajstić information content (AvgIpc) is 2.67. The van der Waals surface area contributed by atoms with Crippen LogP contribution in [0.4, 0.5) is 5.69 Å². The molecule has 1 saturated heterocycles. The van der Waals surface area contributed by atoms with Gasteiger partial charge in [0.15, 0.2) is 0 Å². The van der Waals surface area contributed by atoms with Crippen molar-refractivity contribution in [3.63, 3.8) is 0 Å². The highest BCUT2D eigenvalue weighted by Gasteiger charge is 2.25. The van der Waals surface area contributed by atoms with E-state index in [-0.39, 0.29) is 5.91 Å². The Bertz CT molecular complexity index is 350. The minimum atomic E-state index is 0.0735. The van der Waals surface area contributed by atoms with E-state index in [0.717, 1.165) is 19.5 Å². The van der Waals surface area contributed by atoms with Crippen LogP contribution in [-0.4, -0.2) is 25.0 Å². The molecule has 4 heteroatoms. The first-order valence-corrected chi connectivity index (χ1v) is 6.63. The average molecular weight is 238 g/mol. The van der Waals surface area contributed by atoms with E-state index in [9.17, 15) is 4.79 Å². The van der Waals surface area contributed by atoms with Crippen molar-refractivity contribution in [2.45, 2.75) is 26.3 Å². The van der Waals surface area contributed by atoms with Gasteiger partial charge in [0.05, 0.1) is 0 Å². The Morgan fingerprint density at radius 2 is 2.38 bits per heavy atom. The number of piperidine rings is 1. The summed E-state index contributed by atoms with van der Waals surface area (Å²) in [5.41, 5.74) is 1.28. The van der Waals surface area contributed by atoms with Gasteiger partial charge < -0.3 is 10.2 Å². The maximum absolute atomic E-state index is 11.1. The van der Waals surface area contributed by atoms with Crippen molar-refractivity contribution < 1.29 is 4.79 Å². The molecule has 2 atom stereocenters. The maximum Gasteiger partial charge on any atom is 0.217 e. The molecule has 2 rings (SSSR count). The quantitative estimate of drug-likeness (QED) is 0.855. The Kier molecular flexibility index (Phi) is 3.49. The van der Waals surface area contributed by atoms with Gasteiger partial charge in [-0.1, -0.05) is 6.92 Å². The molecule has 0 radical (unpaired) electrons. The monoisotopic (exact) mass is 238 g/mol. The van der Waals surface area contributed by atoms with Crippen LogP contribution >= 0.6 is 11.3 Å². The molecule has 0 aromatic carbocycles. The number of rotatable bonds is 2. The lowest BCUT2D eigenvalue weighted by Gasteiger charge is -2.37. The van der Waals surface area contributed by atoms with Crippen molar-refractivity contribution in [1.82, 2.24) is 5.32 Å². The molecule has 2 heterocycles. The third-order valence-electron chi connectivity index (χ3n) is 2.94. The highest BCUT2D eigenvalue weighted by atomic mass is 32.1. The number of nitrogens with one attached hydrogen (secondary N) is 1. The number of carbonyl (C=O) groups is 1. The Morgan fingerprint density at radius 3 is 3.00 bits per heavy atom. The second kappa shape index (κ2) is 4.87. The molecule has 2 unspecified atom stereocenters. The van der Waals surface area contributed by atoms with Crippen molar-refractivity contribution in [1.29, 1.82) is 0 Å². The number of thiophene rings is 1. The van der Waals surface area contributed by atoms with Crippen LogP contribution < -0.4 is 10.2 Å². The first-order chi connectivity index (χ1) is 7.65. The van der Waals surface area contributed by atoms with Crippen LogP contribution in [0.3, 0.4) is 0 Å². The lowest BCUT2D eigenvalue weighted by atomic mass is 9.95. The Balaban J connectivity index is 2.02. The molecule has 1 aromatic heterocycles. The van der Waals surface area contributed by atoms with Crippen LogP contribution in [0.2, 0.25) is 0 Å². The van der Waals surface area contributed by atoms with Crippen LogP contribution in [-0.2, 0) is 4.79 Å². The van der Waals surface area contributed by atoms with Crippen LogP contribution in [0.1, 0.15) is 20.3 Å². The van der Waals surface area contributed by atoms with Crippen LogP contribution in [0.25, 0.3) is 0 Å². The van der Waals surface area contributed by atoms with Gasteiger partial charge in [-0.25, -0.2) is 0 Å². The van der Waals surface area contributed by atoms with E-state index in [1.807, 2.05) is 0 Å². The van der Waals surface area contributed by atoms with E-state index in [0.29, 0.717) is 12.0 Å². The van der Waals surface area contributed by atoms with Crippen LogP contribution in [0.15, 0.2) is 16.8 Å². The molecule has 3 nitrogen and oxygen atoms in total. The standard InChI is InChI=1S/C12H18N2OS/c1-9-5-11(13-10(2)15)7-14(6-9)12-3-4-16-8-12/h3-4,8-9,11H,5-7H2,1-2H3,(H,13,15). The molecular formula is C12H18N2OS. The Labute approximate surface area is 100 Å². The smallest absolute Gasteiger partial charge is 0.217 e. The molecule has 1 fully saturated rings. The number of amides is 1. The maximum atomic E-state index is 11.1. The Morgan fingerprint density at radius 1 is 1.56 bits per heavy atom. The highest BCUT2D eigenvalue weighted by molar-refractivity contribution is 7.08. The van der Waals surface area contributed by atoms with E-state index < -0.39 is 0 Å². The van der Waals surface area contributed by atoms with E-state index >= 15 is 0 Å². The summed E-state index contributed by atoms with van der Waals surface area (Å²) in [5, 5.41) is 7.30. The topological polar surface area (TPSA) is 32.3 Å². The van der Waals surface area contributed by atoms with Crippen molar-refractivity contribution in [2.75, 3.05) is 18.0 Å². The second-order valence-corrected chi connectivity index (χ2v) is 5.40. The number of hydrogen-bond donors (Lipinski definition) is 1.